The van der Waals surface area contributed by atoms with Gasteiger partial charge in [0.25, 0.3) is 17.6 Å². The van der Waals surface area contributed by atoms with Crippen LogP contribution in [0, 0.1) is 0 Å². The Kier molecular flexibility index (Phi) is 36.4. The molecule has 0 atom stereocenters. The molecule has 0 radical (unpaired) electrons. The van der Waals surface area contributed by atoms with Gasteiger partial charge in [0.2, 0.25) is 0 Å². The van der Waals surface area contributed by atoms with Gasteiger partial charge >= 0.3 is 80.9 Å². The van der Waals surface area contributed by atoms with Gasteiger partial charge in [-0.15, -0.1) is 23.2 Å². The topological polar surface area (TPSA) is 270 Å². The van der Waals surface area contributed by atoms with Crippen molar-refractivity contribution in [3.8, 4) is 68.7 Å². The van der Waals surface area contributed by atoms with E-state index in [1.807, 2.05) is 62.9 Å². The Labute approximate surface area is 692 Å². The van der Waals surface area contributed by atoms with E-state index in [-0.39, 0.29) is 110 Å². The van der Waals surface area contributed by atoms with Crippen molar-refractivity contribution in [2.24, 2.45) is 14.1 Å². The third kappa shape index (κ3) is 20.8. The number of H-pyrrole nitrogens is 1. The summed E-state index contributed by atoms with van der Waals surface area (Å²) in [6.45, 7) is 17.6. The molecule has 0 aromatic carbocycles. The summed E-state index contributed by atoms with van der Waals surface area (Å²) in [7, 11) is 14.8. The van der Waals surface area contributed by atoms with Gasteiger partial charge in [0.15, 0.2) is 17.2 Å². The van der Waals surface area contributed by atoms with Gasteiger partial charge in [-0.25, -0.2) is 29.9 Å². The average Bonchev–Trinajstić information content (AvgIpc) is 1.61. The van der Waals surface area contributed by atoms with Crippen LogP contribution in [0.25, 0.3) is 100.0 Å². The Hall–Kier alpha value is -5.43. The smallest absolute Gasteiger partial charge is 1.00 e. The molecule has 31 heteroatoms. The number of aromatic amines is 1. The first-order valence-corrected chi connectivity index (χ1v) is 34.2. The molecule has 15 heterocycles. The number of fused-ring (bicyclic) bond motifs is 6. The van der Waals surface area contributed by atoms with Crippen LogP contribution in [0.2, 0.25) is 0 Å². The third-order valence-corrected chi connectivity index (χ3v) is 17.9. The summed E-state index contributed by atoms with van der Waals surface area (Å²) in [5.74, 6) is 4.47. The van der Waals surface area contributed by atoms with Gasteiger partial charge in [-0.2, -0.15) is 0 Å². The fraction of sp³-hybridized carbons (Fsp3) is 0.417. The van der Waals surface area contributed by atoms with E-state index in [0.717, 1.165) is 225 Å². The minimum atomic E-state index is 0. The molecule has 26 nitrogen and oxygen atoms in total. The maximum Gasteiger partial charge on any atom is 1.00 e. The molecule has 103 heavy (non-hydrogen) atoms. The van der Waals surface area contributed by atoms with Crippen LogP contribution in [0.1, 0.15) is 13.3 Å². The number of nitrogens with zero attached hydrogens (tertiary/aromatic N) is 13. The van der Waals surface area contributed by atoms with Crippen LogP contribution in [-0.4, -0.2) is 232 Å². The maximum atomic E-state index is 7.00. The summed E-state index contributed by atoms with van der Waals surface area (Å²) in [4.78, 5) is 36.1. The predicted molar refractivity (Wildman–Crippen MR) is 393 cm³/mol. The number of hydrogen-bond donors (Lipinski definition) is 3. The predicted octanol–water partition coefficient (Wildman–Crippen LogP) is 1.40. The van der Waals surface area contributed by atoms with Crippen molar-refractivity contribution in [2.75, 3.05) is 154 Å². The van der Waals surface area contributed by atoms with Crippen LogP contribution >= 0.6 is 23.2 Å². The van der Waals surface area contributed by atoms with E-state index in [1.165, 1.54) is 0 Å². The van der Waals surface area contributed by atoms with Crippen molar-refractivity contribution >= 4 is 89.4 Å². The zero-order valence-electron chi connectivity index (χ0n) is 61.1. The zero-order chi connectivity index (χ0) is 69.8. The largest absolute Gasteiger partial charge is 1.00 e. The molecule has 0 saturated carbocycles. The molecule has 0 aliphatic carbocycles. The van der Waals surface area contributed by atoms with Crippen LogP contribution in [0.4, 0.5) is 0 Å². The first kappa shape index (κ1) is 86.5. The molecule has 3 aliphatic rings. The first-order valence-electron chi connectivity index (χ1n) is 33.1. The normalized spacial score (nSPS) is 13.6. The molecular weight excluding hydrogens is 1510 g/mol. The number of rotatable bonds is 18. The number of aliphatic hydroxyl groups excluding tert-OH is 1. The summed E-state index contributed by atoms with van der Waals surface area (Å²) in [5, 5.41) is 13.5. The van der Waals surface area contributed by atoms with Crippen LogP contribution in [0.3, 0.4) is 0 Å². The summed E-state index contributed by atoms with van der Waals surface area (Å²) in [6, 6.07) is 24.5. The summed E-state index contributed by atoms with van der Waals surface area (Å²) in [5.41, 5.74) is 14.8. The molecule has 15 rings (SSSR count). The van der Waals surface area contributed by atoms with Gasteiger partial charge in [0.1, 0.15) is 33.5 Å². The number of morpholine rings is 3. The van der Waals surface area contributed by atoms with Gasteiger partial charge in [-0.3, -0.25) is 9.80 Å². The quantitative estimate of drug-likeness (QED) is 0.0623. The number of methoxy groups -OCH3 is 6. The molecule has 0 unspecified atom stereocenters. The fourth-order valence-electron chi connectivity index (χ4n) is 12.4. The molecule has 0 bridgehead atoms. The SMILES string of the molecule is C1COCCN1.CCCn1cc(-c2cc3cccnc3n2C)c2nc(OC)c(OC)cc21.CO.COc1cc2c(nc1OC)c(-c1cc3cccnc3[nH]1)cn2CCN1CCOCC1.COc1cc2c(nc1OC)c(-c1cc3cccnc3n1C)cn2CCN1CCOCC1.ClCCCl.[I-].[K+].[Na+].[OH-]. The zero-order valence-corrected chi connectivity index (χ0v) is 69.8. The maximum absolute atomic E-state index is 7.00. The molecular formula is C72H92Cl2IKN15NaO11. The van der Waals surface area contributed by atoms with E-state index in [0.29, 0.717) is 46.6 Å². The monoisotopic (exact) mass is 1600 g/mol. The summed E-state index contributed by atoms with van der Waals surface area (Å²) in [6.07, 6.45) is 13.0. The van der Waals surface area contributed by atoms with Crippen molar-refractivity contribution in [1.29, 1.82) is 0 Å². The van der Waals surface area contributed by atoms with Crippen LogP contribution in [0.5, 0.6) is 34.9 Å². The average molecular weight is 1600 g/mol. The molecule has 12 aromatic rings. The molecule has 3 fully saturated rings. The first-order chi connectivity index (χ1) is 48.5. The number of aromatic nitrogens is 12. The number of pyridine rings is 6. The summed E-state index contributed by atoms with van der Waals surface area (Å²) < 4.78 is 59.8. The number of halogens is 3. The van der Waals surface area contributed by atoms with E-state index in [9.17, 15) is 0 Å². The molecule has 12 aromatic heterocycles. The Morgan fingerprint density at radius 2 is 0.874 bits per heavy atom. The molecule has 0 spiro atoms. The van der Waals surface area contributed by atoms with E-state index < -0.39 is 0 Å². The second-order valence-electron chi connectivity index (χ2n) is 23.2. The van der Waals surface area contributed by atoms with Crippen LogP contribution in [-0.2, 0) is 47.9 Å². The number of aliphatic hydroxyl groups is 1. The van der Waals surface area contributed by atoms with Gasteiger partial charge in [0.05, 0.1) is 116 Å². The van der Waals surface area contributed by atoms with E-state index in [1.54, 1.807) is 48.9 Å². The number of nitrogens with one attached hydrogen (secondary N) is 2. The van der Waals surface area contributed by atoms with Gasteiger partial charge < -0.3 is 110 Å². The van der Waals surface area contributed by atoms with Crippen LogP contribution in [0.15, 0.2) is 110 Å². The van der Waals surface area contributed by atoms with Crippen molar-refractivity contribution < 1.29 is 158 Å². The van der Waals surface area contributed by atoms with Gasteiger partial charge in [-0.05, 0) is 61.0 Å². The Balaban J connectivity index is 0.000000221. The van der Waals surface area contributed by atoms with Crippen molar-refractivity contribution in [2.45, 2.75) is 33.0 Å². The number of aryl methyl sites for hydroxylation is 3. The van der Waals surface area contributed by atoms with E-state index in [2.05, 4.69) is 120 Å². The Morgan fingerprint density at radius 1 is 0.495 bits per heavy atom. The van der Waals surface area contributed by atoms with E-state index in [4.69, 9.17) is 85.9 Å². The van der Waals surface area contributed by atoms with Gasteiger partial charge in [-0.1, -0.05) is 6.92 Å². The molecule has 0 amide bonds. The number of hydrogen-bond acceptors (Lipinski definition) is 20. The van der Waals surface area contributed by atoms with Crippen LogP contribution < -0.4 is 139 Å². The summed E-state index contributed by atoms with van der Waals surface area (Å²) >= 11 is 10.1. The molecule has 4 N–H and O–H groups in total. The van der Waals surface area contributed by atoms with E-state index >= 15 is 0 Å². The minimum absolute atomic E-state index is 0. The Morgan fingerprint density at radius 3 is 1.22 bits per heavy atom. The number of alkyl halides is 2. The third-order valence-electron chi connectivity index (χ3n) is 17.3. The number of ether oxygens (including phenoxy) is 9. The van der Waals surface area contributed by atoms with Crippen molar-refractivity contribution in [3.63, 3.8) is 0 Å². The second kappa shape index (κ2) is 43.4. The van der Waals surface area contributed by atoms with Gasteiger partial charge in [0, 0.05) is 193 Å². The standard InChI is InChI=1S/C23H27N5O3.C22H25N5O3.C20H22N4O2.C4H9NO.C2H4Cl2.CH4O.HI.K.Na.H2O/c1-26-18(13-16-5-4-6-24-22(16)26)17-15-28(8-7-27-9-11-31-12-10-27)19-14-20(29-2)23(30-3)25-21(17)19;1-28-19-13-18-20(25-22(19)29-2)16(17-12-15-4-3-5-23-21(15)24-17)14-27(18)7-6-26-8-10-30-11-9-26;1-5-9-24-12-14(15-10-13-7-6-8-21-19(13)23(15)2)18-16(24)11-17(25-3)20(22-18)26-4;1-3-6-4-2-5-1;3-1-2-4;1-2;;;;/h4-6,13-15H,7-12H2,1-3H3;3-5,12-14H,6-11H2,1-2H3,(H,23,24);6-8,10-12H,5,9H2,1-4H3;5H,1-4H2;1-2H2;2H,1H3;1H;;;1H2/q;;;;;;;2*+1;/p-2. The van der Waals surface area contributed by atoms with Crippen molar-refractivity contribution in [1.82, 2.24) is 72.8 Å². The minimum Gasteiger partial charge on any atom is -1.00 e. The second-order valence-corrected chi connectivity index (χ2v) is 23.9. The molecule has 544 valence electrons. The molecule has 3 saturated heterocycles. The fourth-order valence-corrected chi connectivity index (χ4v) is 12.4. The van der Waals surface area contributed by atoms with Crippen molar-refractivity contribution in [3.05, 3.63) is 110 Å². The Bertz CT molecular complexity index is 4530. The molecule has 3 aliphatic heterocycles.